The second-order valence-electron chi connectivity index (χ2n) is 3.69. The van der Waals surface area contributed by atoms with Crippen molar-refractivity contribution < 1.29 is 4.57 Å². The Morgan fingerprint density at radius 2 is 1.92 bits per heavy atom. The monoisotopic (exact) mass is 178 g/mol. The third-order valence-electron chi connectivity index (χ3n) is 2.40. The summed E-state index contributed by atoms with van der Waals surface area (Å²) < 4.78 is 2.39. The first-order valence-corrected chi connectivity index (χ1v) is 5.18. The molecule has 0 saturated carbocycles. The Kier molecular flexibility index (Phi) is 3.47. The van der Waals surface area contributed by atoms with Crippen LogP contribution < -0.4 is 4.57 Å². The smallest absolute Gasteiger partial charge is 0.183 e. The molecule has 0 aliphatic heterocycles. The molecule has 1 heterocycles. The summed E-state index contributed by atoms with van der Waals surface area (Å²) >= 11 is 0. The summed E-state index contributed by atoms with van der Waals surface area (Å²) in [5.41, 5.74) is 4.27. The molecule has 1 heteroatoms. The number of nitrogens with zero attached hydrogens (tertiary/aromatic N) is 1. The molecule has 72 valence electrons. The average molecular weight is 178 g/mol. The molecule has 1 aromatic heterocycles. The van der Waals surface area contributed by atoms with Gasteiger partial charge in [0.05, 0.1) is 0 Å². The number of aromatic nitrogens is 1. The van der Waals surface area contributed by atoms with Gasteiger partial charge in [-0.25, -0.2) is 4.57 Å². The normalized spacial score (nSPS) is 10.5. The zero-order valence-electron chi connectivity index (χ0n) is 9.22. The van der Waals surface area contributed by atoms with Crippen LogP contribution in [0, 0.1) is 13.8 Å². The fraction of sp³-hybridized carbons (Fsp3) is 0.583. The molecular formula is C12H20N+. The van der Waals surface area contributed by atoms with Gasteiger partial charge in [-0.15, -0.1) is 0 Å². The van der Waals surface area contributed by atoms with E-state index in [1.165, 1.54) is 23.2 Å². The van der Waals surface area contributed by atoms with Crippen LogP contribution in [-0.4, -0.2) is 0 Å². The van der Waals surface area contributed by atoms with Crippen molar-refractivity contribution >= 4 is 0 Å². The van der Waals surface area contributed by atoms with Gasteiger partial charge >= 0.3 is 0 Å². The minimum Gasteiger partial charge on any atom is -0.202 e. The van der Waals surface area contributed by atoms with Crippen molar-refractivity contribution in [3.8, 4) is 0 Å². The molecule has 0 radical (unpaired) electrons. The maximum atomic E-state index is 2.39. The number of hydrogen-bond acceptors (Lipinski definition) is 0. The zero-order valence-corrected chi connectivity index (χ0v) is 9.22. The Bertz CT molecular complexity index is 289. The Morgan fingerprint density at radius 3 is 2.46 bits per heavy atom. The highest BCUT2D eigenvalue weighted by Crippen LogP contribution is 2.06. The van der Waals surface area contributed by atoms with Crippen LogP contribution in [0.3, 0.4) is 0 Å². The zero-order chi connectivity index (χ0) is 9.84. The van der Waals surface area contributed by atoms with E-state index in [9.17, 15) is 0 Å². The second-order valence-corrected chi connectivity index (χ2v) is 3.69. The molecule has 0 aromatic carbocycles. The van der Waals surface area contributed by atoms with Gasteiger partial charge in [0.1, 0.15) is 6.54 Å². The van der Waals surface area contributed by atoms with Gasteiger partial charge < -0.3 is 0 Å². The van der Waals surface area contributed by atoms with Gasteiger partial charge in [0, 0.05) is 24.0 Å². The summed E-state index contributed by atoms with van der Waals surface area (Å²) in [5.74, 6) is 0. The van der Waals surface area contributed by atoms with E-state index in [2.05, 4.69) is 44.5 Å². The van der Waals surface area contributed by atoms with Gasteiger partial charge in [0.15, 0.2) is 11.9 Å². The Morgan fingerprint density at radius 1 is 1.23 bits per heavy atom. The molecule has 0 saturated heterocycles. The summed E-state index contributed by atoms with van der Waals surface area (Å²) in [5, 5.41) is 0. The highest BCUT2D eigenvalue weighted by atomic mass is 15.0. The third kappa shape index (κ3) is 2.30. The molecule has 0 aliphatic carbocycles. The lowest BCUT2D eigenvalue weighted by Crippen LogP contribution is -2.39. The lowest BCUT2D eigenvalue weighted by molar-refractivity contribution is -0.704. The van der Waals surface area contributed by atoms with Crippen LogP contribution in [0.15, 0.2) is 12.3 Å². The Balaban J connectivity index is 3.13. The van der Waals surface area contributed by atoms with Gasteiger partial charge in [0.2, 0.25) is 0 Å². The van der Waals surface area contributed by atoms with E-state index in [0.717, 1.165) is 13.0 Å². The topological polar surface area (TPSA) is 3.88 Å². The molecular weight excluding hydrogens is 158 g/mol. The largest absolute Gasteiger partial charge is 0.202 e. The van der Waals surface area contributed by atoms with E-state index in [1.54, 1.807) is 0 Å². The number of aryl methyl sites for hydroxylation is 3. The first-order chi connectivity index (χ1) is 6.19. The maximum Gasteiger partial charge on any atom is 0.183 e. The summed E-state index contributed by atoms with van der Waals surface area (Å²) in [7, 11) is 0. The van der Waals surface area contributed by atoms with Crippen molar-refractivity contribution in [1.82, 2.24) is 0 Å². The molecule has 1 aromatic rings. The van der Waals surface area contributed by atoms with Gasteiger partial charge in [-0.1, -0.05) is 13.8 Å². The molecule has 0 atom stereocenters. The van der Waals surface area contributed by atoms with E-state index in [1.807, 2.05) is 0 Å². The first-order valence-electron chi connectivity index (χ1n) is 5.18. The second kappa shape index (κ2) is 4.40. The van der Waals surface area contributed by atoms with Crippen molar-refractivity contribution in [3.63, 3.8) is 0 Å². The highest BCUT2D eigenvalue weighted by Gasteiger charge is 2.11. The number of hydrogen-bond donors (Lipinski definition) is 0. The fourth-order valence-electron chi connectivity index (χ4n) is 1.93. The predicted octanol–water partition coefficient (Wildman–Crippen LogP) is 2.56. The van der Waals surface area contributed by atoms with Gasteiger partial charge in [-0.3, -0.25) is 0 Å². The van der Waals surface area contributed by atoms with Crippen molar-refractivity contribution in [1.29, 1.82) is 0 Å². The van der Waals surface area contributed by atoms with Crippen LogP contribution in [-0.2, 0) is 13.0 Å². The van der Waals surface area contributed by atoms with E-state index in [-0.39, 0.29) is 0 Å². The van der Waals surface area contributed by atoms with Crippen LogP contribution in [0.1, 0.15) is 37.1 Å². The quantitative estimate of drug-likeness (QED) is 0.626. The van der Waals surface area contributed by atoms with Crippen molar-refractivity contribution in [2.75, 3.05) is 0 Å². The first kappa shape index (κ1) is 10.2. The molecule has 0 unspecified atom stereocenters. The summed E-state index contributed by atoms with van der Waals surface area (Å²) in [6, 6.07) is 2.27. The fourth-order valence-corrected chi connectivity index (χ4v) is 1.93. The molecule has 0 spiro atoms. The maximum absolute atomic E-state index is 2.39. The van der Waals surface area contributed by atoms with Crippen LogP contribution in [0.5, 0.6) is 0 Å². The summed E-state index contributed by atoms with van der Waals surface area (Å²) in [6.07, 6.45) is 4.60. The molecule has 1 nitrogen and oxygen atoms in total. The molecule has 0 fully saturated rings. The lowest BCUT2D eigenvalue weighted by Gasteiger charge is -2.05. The van der Waals surface area contributed by atoms with Gasteiger partial charge in [-0.05, 0) is 19.9 Å². The summed E-state index contributed by atoms with van der Waals surface area (Å²) in [4.78, 5) is 0. The summed E-state index contributed by atoms with van der Waals surface area (Å²) in [6.45, 7) is 9.97. The van der Waals surface area contributed by atoms with Gasteiger partial charge in [0.25, 0.3) is 0 Å². The van der Waals surface area contributed by atoms with E-state index in [4.69, 9.17) is 0 Å². The Labute approximate surface area is 81.4 Å². The molecule has 0 N–H and O–H groups in total. The minimum absolute atomic E-state index is 1.13. The van der Waals surface area contributed by atoms with E-state index < -0.39 is 0 Å². The molecule has 0 amide bonds. The lowest BCUT2D eigenvalue weighted by atomic mass is 10.1. The average Bonchev–Trinajstić information content (AvgIpc) is 2.04. The molecule has 13 heavy (non-hydrogen) atoms. The van der Waals surface area contributed by atoms with E-state index >= 15 is 0 Å². The van der Waals surface area contributed by atoms with Crippen molar-refractivity contribution in [2.24, 2.45) is 0 Å². The van der Waals surface area contributed by atoms with Gasteiger partial charge in [-0.2, -0.15) is 0 Å². The minimum atomic E-state index is 1.13. The highest BCUT2D eigenvalue weighted by molar-refractivity contribution is 5.18. The van der Waals surface area contributed by atoms with Crippen LogP contribution in [0.2, 0.25) is 0 Å². The SMILES string of the molecule is CCC[n+]1cc(C)cc(C)c1CC. The molecule has 0 aliphatic rings. The van der Waals surface area contributed by atoms with E-state index in [0.29, 0.717) is 0 Å². The van der Waals surface area contributed by atoms with Crippen molar-refractivity contribution in [2.45, 2.75) is 47.1 Å². The number of pyridine rings is 1. The third-order valence-corrected chi connectivity index (χ3v) is 2.40. The molecule has 1 rings (SSSR count). The van der Waals surface area contributed by atoms with Crippen LogP contribution >= 0.6 is 0 Å². The van der Waals surface area contributed by atoms with Crippen LogP contribution in [0.25, 0.3) is 0 Å². The predicted molar refractivity (Wildman–Crippen MR) is 55.8 cm³/mol. The van der Waals surface area contributed by atoms with Crippen LogP contribution in [0.4, 0.5) is 0 Å². The molecule has 0 bridgehead atoms. The van der Waals surface area contributed by atoms with Crippen molar-refractivity contribution in [3.05, 3.63) is 29.1 Å². The number of rotatable bonds is 3. The standard InChI is InChI=1S/C12H20N/c1-5-7-13-9-10(3)8-11(4)12(13)6-2/h8-9H,5-7H2,1-4H3/q+1. The Hall–Kier alpha value is -0.850.